The van der Waals surface area contributed by atoms with Gasteiger partial charge in [0.2, 0.25) is 0 Å². The van der Waals surface area contributed by atoms with Gasteiger partial charge in [-0.05, 0) is 81.4 Å². The fourth-order valence-electron chi connectivity index (χ4n) is 6.73. The van der Waals surface area contributed by atoms with E-state index in [2.05, 4.69) is 120 Å². The molecule has 6 aromatic rings. The molecule has 0 atom stereocenters. The number of hydrogen-bond acceptors (Lipinski definition) is 4. The van der Waals surface area contributed by atoms with Crippen LogP contribution in [-0.2, 0) is 0 Å². The quantitative estimate of drug-likeness (QED) is 0.198. The maximum Gasteiger partial charge on any atom is 0.190 e. The molecule has 0 saturated carbocycles. The van der Waals surface area contributed by atoms with Gasteiger partial charge in [-0.1, -0.05) is 90.6 Å². The van der Waals surface area contributed by atoms with Crippen molar-refractivity contribution in [3.63, 3.8) is 0 Å². The number of rotatable bonds is 1. The van der Waals surface area contributed by atoms with Crippen LogP contribution in [0.5, 0.6) is 23.0 Å². The molecule has 0 saturated heterocycles. The molecule has 0 N–H and O–H groups in total. The van der Waals surface area contributed by atoms with Crippen LogP contribution in [0.15, 0.2) is 149 Å². The largest absolute Gasteiger partial charge is 0.458 e. The number of para-hydroxylation sites is 6. The van der Waals surface area contributed by atoms with E-state index in [1.807, 2.05) is 36.0 Å². The van der Waals surface area contributed by atoms with Crippen molar-refractivity contribution in [2.75, 3.05) is 4.90 Å². The third-order valence-corrected chi connectivity index (χ3v) is 14.8. The van der Waals surface area contributed by atoms with Gasteiger partial charge in [-0.25, -0.2) is 0 Å². The zero-order valence-corrected chi connectivity index (χ0v) is 23.8. The van der Waals surface area contributed by atoms with Crippen molar-refractivity contribution in [1.82, 2.24) is 0 Å². The first-order chi connectivity index (χ1) is 20.3. The summed E-state index contributed by atoms with van der Waals surface area (Å²) in [6.07, 6.45) is 0. The van der Waals surface area contributed by atoms with E-state index in [9.17, 15) is 0 Å². The van der Waals surface area contributed by atoms with Gasteiger partial charge in [-0.2, -0.15) is 0 Å². The number of anilines is 3. The first kappa shape index (κ1) is 23.0. The summed E-state index contributed by atoms with van der Waals surface area (Å²) in [5.74, 6) is 3.63. The summed E-state index contributed by atoms with van der Waals surface area (Å²) in [5.41, 5.74) is 3.21. The van der Waals surface area contributed by atoms with Crippen molar-refractivity contribution < 1.29 is 9.47 Å². The molecule has 194 valence electrons. The molecule has 3 aliphatic heterocycles. The molecule has 5 heteroatoms. The van der Waals surface area contributed by atoms with E-state index >= 15 is 0 Å². The Balaban J connectivity index is 1.38. The number of hydrogen-bond donors (Lipinski definition) is 0. The van der Waals surface area contributed by atoms with Gasteiger partial charge in [-0.3, -0.25) is 0 Å². The molecular formula is C36H23NO2SSi. The standard InChI is InChI=1S/C36H23NO2SSi/c1-3-13-27-25(11-1)37(26-12-2-4-14-28(26)38-27)24-21-22-32-36(23-24)41(35-20-10-7-17-31(35)40-32)33-18-8-5-15-29(33)39-30-16-6-9-19-34(30)41/h1-23H. The van der Waals surface area contributed by atoms with Gasteiger partial charge in [0.15, 0.2) is 19.6 Å². The molecule has 41 heavy (non-hydrogen) atoms. The summed E-state index contributed by atoms with van der Waals surface area (Å²) in [4.78, 5) is 4.98. The van der Waals surface area contributed by atoms with Crippen LogP contribution in [0.4, 0.5) is 17.1 Å². The van der Waals surface area contributed by atoms with E-state index in [0.717, 1.165) is 40.1 Å². The van der Waals surface area contributed by atoms with Gasteiger partial charge in [0.25, 0.3) is 0 Å². The number of benzene rings is 6. The van der Waals surface area contributed by atoms with Gasteiger partial charge < -0.3 is 14.4 Å². The molecule has 3 heterocycles. The van der Waals surface area contributed by atoms with E-state index in [0.29, 0.717) is 0 Å². The Morgan fingerprint density at radius 2 is 0.927 bits per heavy atom. The van der Waals surface area contributed by atoms with Gasteiger partial charge in [0.05, 0.1) is 11.4 Å². The van der Waals surface area contributed by atoms with Gasteiger partial charge >= 0.3 is 0 Å². The number of ether oxygens (including phenoxy) is 2. The molecular weight excluding hydrogens is 539 g/mol. The molecule has 0 bridgehead atoms. The van der Waals surface area contributed by atoms with E-state index < -0.39 is 8.07 Å². The fourth-order valence-corrected chi connectivity index (χ4v) is 13.9. The Labute approximate surface area is 243 Å². The van der Waals surface area contributed by atoms with Crippen LogP contribution in [0.1, 0.15) is 0 Å². The molecule has 0 fully saturated rings. The van der Waals surface area contributed by atoms with Crippen LogP contribution >= 0.6 is 11.8 Å². The van der Waals surface area contributed by atoms with E-state index in [1.165, 1.54) is 30.5 Å². The van der Waals surface area contributed by atoms with Crippen LogP contribution in [0, 0.1) is 0 Å². The Hall–Kier alpha value is -4.71. The van der Waals surface area contributed by atoms with Gasteiger partial charge in [0.1, 0.15) is 11.5 Å². The summed E-state index contributed by atoms with van der Waals surface area (Å²) in [6.45, 7) is 0. The monoisotopic (exact) mass is 561 g/mol. The van der Waals surface area contributed by atoms with Crippen molar-refractivity contribution in [2.45, 2.75) is 9.79 Å². The van der Waals surface area contributed by atoms with Gasteiger partial charge in [0, 0.05) is 15.5 Å². The molecule has 0 unspecified atom stereocenters. The van der Waals surface area contributed by atoms with E-state index in [1.54, 1.807) is 0 Å². The van der Waals surface area contributed by atoms with Crippen molar-refractivity contribution in [1.29, 1.82) is 0 Å². The highest BCUT2D eigenvalue weighted by atomic mass is 32.2. The smallest absolute Gasteiger partial charge is 0.190 e. The lowest BCUT2D eigenvalue weighted by atomic mass is 10.1. The van der Waals surface area contributed by atoms with E-state index in [4.69, 9.17) is 9.47 Å². The highest BCUT2D eigenvalue weighted by Crippen LogP contribution is 2.50. The Morgan fingerprint density at radius 1 is 0.439 bits per heavy atom. The molecule has 0 aliphatic carbocycles. The first-order valence-electron chi connectivity index (χ1n) is 13.8. The lowest BCUT2D eigenvalue weighted by molar-refractivity contribution is 0.477. The molecule has 6 aromatic carbocycles. The maximum absolute atomic E-state index is 6.58. The van der Waals surface area contributed by atoms with Crippen LogP contribution < -0.4 is 35.1 Å². The predicted molar refractivity (Wildman–Crippen MR) is 169 cm³/mol. The summed E-state index contributed by atoms with van der Waals surface area (Å²) in [6, 6.07) is 49.9. The Morgan fingerprint density at radius 3 is 1.59 bits per heavy atom. The molecule has 0 aromatic heterocycles. The summed E-state index contributed by atoms with van der Waals surface area (Å²) < 4.78 is 12.9. The van der Waals surface area contributed by atoms with Crippen molar-refractivity contribution >= 4 is 57.6 Å². The Kier molecular flexibility index (Phi) is 4.86. The second-order valence-corrected chi connectivity index (χ2v) is 15.2. The Bertz CT molecular complexity index is 1870. The lowest BCUT2D eigenvalue weighted by Gasteiger charge is -2.44. The minimum atomic E-state index is -2.73. The normalized spacial score (nSPS) is 14.8. The molecule has 0 amide bonds. The molecule has 3 nitrogen and oxygen atoms in total. The third kappa shape index (κ3) is 3.16. The second-order valence-electron chi connectivity index (χ2n) is 10.5. The number of nitrogens with zero attached hydrogens (tertiary/aromatic N) is 1. The van der Waals surface area contributed by atoms with Crippen LogP contribution in [-0.4, -0.2) is 8.07 Å². The SMILES string of the molecule is c1ccc2c(c1)Oc1ccccc1N2c1ccc2c(c1)[Si]1(c3ccccc3Oc3ccccc31)c1ccccc1S2. The van der Waals surface area contributed by atoms with Crippen LogP contribution in [0.25, 0.3) is 0 Å². The van der Waals surface area contributed by atoms with E-state index in [-0.39, 0.29) is 0 Å². The van der Waals surface area contributed by atoms with Crippen molar-refractivity contribution in [3.8, 4) is 23.0 Å². The zero-order chi connectivity index (χ0) is 27.0. The highest BCUT2D eigenvalue weighted by Gasteiger charge is 2.52. The molecule has 9 rings (SSSR count). The number of fused-ring (bicyclic) bond motifs is 10. The van der Waals surface area contributed by atoms with Gasteiger partial charge in [-0.15, -0.1) is 0 Å². The predicted octanol–water partition coefficient (Wildman–Crippen LogP) is 7.21. The summed E-state index contributed by atoms with van der Waals surface area (Å²) in [7, 11) is -2.73. The highest BCUT2D eigenvalue weighted by molar-refractivity contribution is 8.00. The average Bonchev–Trinajstić information content (AvgIpc) is 3.03. The van der Waals surface area contributed by atoms with Crippen LogP contribution in [0.3, 0.4) is 0 Å². The van der Waals surface area contributed by atoms with Crippen molar-refractivity contribution in [2.24, 2.45) is 0 Å². The third-order valence-electron chi connectivity index (χ3n) is 8.37. The first-order valence-corrected chi connectivity index (χ1v) is 16.6. The van der Waals surface area contributed by atoms with Crippen molar-refractivity contribution in [3.05, 3.63) is 140 Å². The molecule has 0 radical (unpaired) electrons. The maximum atomic E-state index is 6.58. The minimum absolute atomic E-state index is 0.859. The second kappa shape index (κ2) is 8.64. The topological polar surface area (TPSA) is 21.7 Å². The fraction of sp³-hybridized carbons (Fsp3) is 0. The minimum Gasteiger partial charge on any atom is -0.458 e. The molecule has 3 aliphatic rings. The molecule has 1 spiro atoms. The average molecular weight is 562 g/mol. The van der Waals surface area contributed by atoms with Crippen LogP contribution in [0.2, 0.25) is 0 Å². The summed E-state index contributed by atoms with van der Waals surface area (Å²) in [5, 5.41) is 5.41. The lowest BCUT2D eigenvalue weighted by Crippen LogP contribution is -2.77. The summed E-state index contributed by atoms with van der Waals surface area (Å²) >= 11 is 1.88. The zero-order valence-electron chi connectivity index (χ0n) is 22.0.